The van der Waals surface area contributed by atoms with Gasteiger partial charge in [0.1, 0.15) is 35.2 Å². The summed E-state index contributed by atoms with van der Waals surface area (Å²) in [4.78, 5) is 43.5. The molecule has 0 radical (unpaired) electrons. The molecule has 47 heavy (non-hydrogen) atoms. The SMILES string of the molecule is COc1cccc2c1C(=O)c1c(O)c3c(c(O)c1C2=O)C[C@@](O)(C(=O)C(C)C)C[C@@H]3OC1C[C@H]2[C@H](O[C@@H]3[C@@H](OC)CCCN32)[C@H](C)O1. The normalized spacial score (nSPS) is 33.1. The molecular weight excluding hydrogens is 610 g/mol. The summed E-state index contributed by atoms with van der Waals surface area (Å²) in [7, 11) is 3.05. The van der Waals surface area contributed by atoms with Crippen molar-refractivity contribution >= 4 is 17.3 Å². The standard InChI is InChI=1S/C35H41NO11/c1-15(2)33(41)35(42)13-18-25(31(40)27-26(29(18)38)28(37)17-8-6-9-20(43-4)24(17)30(27)39)22(14-35)46-23-12-19-32(16(3)45-23)47-34-21(44-5)10-7-11-36(19)34/h6,8-9,15-16,19,21-23,32,34,38,40,42H,7,10-14H2,1-5H3/t16-,19-,21-,22-,23?,32+,34+,35-/m0/s1. The number of rotatable bonds is 6. The molecule has 0 bridgehead atoms. The fourth-order valence-corrected chi connectivity index (χ4v) is 8.45. The molecule has 0 amide bonds. The Morgan fingerprint density at radius 3 is 2.51 bits per heavy atom. The molecule has 0 saturated carbocycles. The monoisotopic (exact) mass is 651 g/mol. The number of piperidine rings is 1. The van der Waals surface area contributed by atoms with Gasteiger partial charge in [0.25, 0.3) is 0 Å². The van der Waals surface area contributed by atoms with Gasteiger partial charge in [-0.3, -0.25) is 19.3 Å². The van der Waals surface area contributed by atoms with Crippen LogP contribution in [0.25, 0.3) is 0 Å². The molecule has 2 aromatic carbocycles. The Bertz CT molecular complexity index is 1650. The first kappa shape index (κ1) is 32.2. The number of hydrogen-bond donors (Lipinski definition) is 3. The molecule has 3 fully saturated rings. The van der Waals surface area contributed by atoms with E-state index in [4.69, 9.17) is 23.7 Å². The van der Waals surface area contributed by atoms with Gasteiger partial charge in [0.05, 0.1) is 42.1 Å². The Labute approximate surface area is 272 Å². The summed E-state index contributed by atoms with van der Waals surface area (Å²) in [6.45, 7) is 6.05. The van der Waals surface area contributed by atoms with Crippen molar-refractivity contribution in [3.63, 3.8) is 0 Å². The Morgan fingerprint density at radius 1 is 1.06 bits per heavy atom. The summed E-state index contributed by atoms with van der Waals surface area (Å²) in [6, 6.07) is 4.49. The largest absolute Gasteiger partial charge is 0.507 e. The number of methoxy groups -OCH3 is 2. The minimum atomic E-state index is -1.99. The van der Waals surface area contributed by atoms with Gasteiger partial charge in [0.2, 0.25) is 5.78 Å². The highest BCUT2D eigenvalue weighted by molar-refractivity contribution is 6.31. The fourth-order valence-electron chi connectivity index (χ4n) is 8.45. The summed E-state index contributed by atoms with van der Waals surface area (Å²) >= 11 is 0. The molecule has 3 heterocycles. The zero-order valence-electron chi connectivity index (χ0n) is 27.1. The third kappa shape index (κ3) is 4.83. The van der Waals surface area contributed by atoms with Crippen molar-refractivity contribution in [2.75, 3.05) is 20.8 Å². The number of nitrogens with zero attached hydrogens (tertiary/aromatic N) is 1. The number of aromatic hydroxyl groups is 2. The van der Waals surface area contributed by atoms with E-state index in [-0.39, 0.29) is 82.6 Å². The number of phenols is 2. The summed E-state index contributed by atoms with van der Waals surface area (Å²) in [6.07, 6.45) is -1.33. The number of ether oxygens (including phenoxy) is 5. The van der Waals surface area contributed by atoms with E-state index in [0.717, 1.165) is 19.4 Å². The van der Waals surface area contributed by atoms with Crippen LogP contribution >= 0.6 is 0 Å². The molecule has 3 N–H and O–H groups in total. The third-order valence-electron chi connectivity index (χ3n) is 10.6. The topological polar surface area (TPSA) is 161 Å². The molecule has 3 aliphatic heterocycles. The number of ketones is 3. The van der Waals surface area contributed by atoms with Crippen LogP contribution < -0.4 is 4.74 Å². The highest BCUT2D eigenvalue weighted by atomic mass is 16.7. The summed E-state index contributed by atoms with van der Waals surface area (Å²) in [5.41, 5.74) is -2.74. The van der Waals surface area contributed by atoms with Crippen LogP contribution in [0, 0.1) is 5.92 Å². The van der Waals surface area contributed by atoms with Crippen LogP contribution in [0.5, 0.6) is 17.2 Å². The second-order valence-electron chi connectivity index (χ2n) is 13.7. The lowest BCUT2D eigenvalue weighted by Crippen LogP contribution is -2.54. The lowest BCUT2D eigenvalue weighted by atomic mass is 9.70. The van der Waals surface area contributed by atoms with Gasteiger partial charge < -0.3 is 39.0 Å². The molecule has 2 aromatic rings. The smallest absolute Gasteiger partial charge is 0.202 e. The minimum absolute atomic E-state index is 0.0123. The van der Waals surface area contributed by atoms with E-state index in [9.17, 15) is 29.7 Å². The minimum Gasteiger partial charge on any atom is -0.507 e. The number of fused-ring (bicyclic) bond motifs is 6. The molecule has 5 aliphatic rings. The Balaban J connectivity index is 1.30. The quantitative estimate of drug-likeness (QED) is 0.335. The van der Waals surface area contributed by atoms with Crippen molar-refractivity contribution in [3.05, 3.63) is 51.6 Å². The Kier molecular flexibility index (Phi) is 7.97. The van der Waals surface area contributed by atoms with Crippen LogP contribution in [0.1, 0.15) is 95.5 Å². The molecule has 1 unspecified atom stereocenters. The van der Waals surface area contributed by atoms with Crippen molar-refractivity contribution in [1.82, 2.24) is 4.90 Å². The first-order chi connectivity index (χ1) is 22.4. The van der Waals surface area contributed by atoms with Crippen LogP contribution in [-0.4, -0.2) is 101 Å². The van der Waals surface area contributed by atoms with Crippen LogP contribution in [0.15, 0.2) is 18.2 Å². The molecule has 7 rings (SSSR count). The van der Waals surface area contributed by atoms with Crippen LogP contribution in [-0.2, 0) is 30.2 Å². The van der Waals surface area contributed by atoms with Crippen LogP contribution in [0.3, 0.4) is 0 Å². The van der Waals surface area contributed by atoms with Gasteiger partial charge in [0.15, 0.2) is 17.9 Å². The molecule has 0 aromatic heterocycles. The second-order valence-corrected chi connectivity index (χ2v) is 13.7. The molecule has 12 heteroatoms. The molecule has 2 aliphatic carbocycles. The van der Waals surface area contributed by atoms with E-state index in [0.29, 0.717) is 6.42 Å². The number of benzene rings is 2. The molecule has 252 valence electrons. The number of carbonyl (C=O) groups excluding carboxylic acids is 3. The van der Waals surface area contributed by atoms with E-state index in [1.807, 2.05) is 6.92 Å². The lowest BCUT2D eigenvalue weighted by molar-refractivity contribution is -0.248. The van der Waals surface area contributed by atoms with E-state index in [1.54, 1.807) is 27.0 Å². The first-order valence-corrected chi connectivity index (χ1v) is 16.3. The van der Waals surface area contributed by atoms with Gasteiger partial charge >= 0.3 is 0 Å². The van der Waals surface area contributed by atoms with Crippen molar-refractivity contribution in [3.8, 4) is 17.2 Å². The maximum atomic E-state index is 14.0. The number of phenolic OH excluding ortho intramolecular Hbond substituents is 2. The van der Waals surface area contributed by atoms with E-state index < -0.39 is 52.8 Å². The predicted octanol–water partition coefficient (Wildman–Crippen LogP) is 3.18. The van der Waals surface area contributed by atoms with Gasteiger partial charge in [-0.05, 0) is 25.8 Å². The third-order valence-corrected chi connectivity index (χ3v) is 10.6. The number of hydrogen-bond acceptors (Lipinski definition) is 12. The highest BCUT2D eigenvalue weighted by Gasteiger charge is 2.55. The number of carbonyl (C=O) groups is 3. The van der Waals surface area contributed by atoms with Gasteiger partial charge in [-0.2, -0.15) is 0 Å². The van der Waals surface area contributed by atoms with Crippen LogP contribution in [0.2, 0.25) is 0 Å². The van der Waals surface area contributed by atoms with Gasteiger partial charge in [0, 0.05) is 61.6 Å². The second kappa shape index (κ2) is 11.6. The lowest BCUT2D eigenvalue weighted by Gasteiger charge is -2.43. The summed E-state index contributed by atoms with van der Waals surface area (Å²) in [5.74, 6) is -3.40. The van der Waals surface area contributed by atoms with Gasteiger partial charge in [-0.15, -0.1) is 0 Å². The van der Waals surface area contributed by atoms with Crippen molar-refractivity contribution in [1.29, 1.82) is 0 Å². The number of aliphatic hydroxyl groups is 1. The highest BCUT2D eigenvalue weighted by Crippen LogP contribution is 2.53. The van der Waals surface area contributed by atoms with Gasteiger partial charge in [-0.25, -0.2) is 0 Å². The Hall–Kier alpha value is -3.39. The van der Waals surface area contributed by atoms with Crippen molar-refractivity contribution in [2.24, 2.45) is 5.92 Å². The van der Waals surface area contributed by atoms with Crippen molar-refractivity contribution in [2.45, 2.75) is 101 Å². The molecular formula is C35H41NO11. The molecule has 8 atom stereocenters. The predicted molar refractivity (Wildman–Crippen MR) is 165 cm³/mol. The zero-order chi connectivity index (χ0) is 33.5. The molecule has 12 nitrogen and oxygen atoms in total. The fraction of sp³-hybridized carbons (Fsp3) is 0.571. The average Bonchev–Trinajstić information content (AvgIpc) is 3.43. The van der Waals surface area contributed by atoms with Crippen LogP contribution in [0.4, 0.5) is 0 Å². The Morgan fingerprint density at radius 2 is 1.81 bits per heavy atom. The molecule has 3 saturated heterocycles. The summed E-state index contributed by atoms with van der Waals surface area (Å²) < 4.78 is 30.4. The summed E-state index contributed by atoms with van der Waals surface area (Å²) in [5, 5.41) is 35.4. The van der Waals surface area contributed by atoms with Gasteiger partial charge in [-0.1, -0.05) is 26.0 Å². The van der Waals surface area contributed by atoms with E-state index >= 15 is 0 Å². The maximum Gasteiger partial charge on any atom is 0.202 e. The zero-order valence-corrected chi connectivity index (χ0v) is 27.1. The maximum absolute atomic E-state index is 14.0. The van der Waals surface area contributed by atoms with E-state index in [2.05, 4.69) is 4.90 Å². The van der Waals surface area contributed by atoms with E-state index in [1.165, 1.54) is 19.2 Å². The number of Topliss-reactive ketones (excluding diaryl/α,β-unsaturated/α-hetero) is 1. The first-order valence-electron chi connectivity index (χ1n) is 16.3. The van der Waals surface area contributed by atoms with Crippen molar-refractivity contribution < 1.29 is 53.4 Å². The molecule has 0 spiro atoms. The average molecular weight is 652 g/mol.